The topological polar surface area (TPSA) is 103 Å². The highest BCUT2D eigenvalue weighted by Gasteiger charge is 2.30. The average Bonchev–Trinajstić information content (AvgIpc) is 3.71. The molecule has 0 saturated heterocycles. The number of fused-ring (bicyclic) bond motifs is 1. The Bertz CT molecular complexity index is 1540. The molecule has 1 fully saturated rings. The number of aromatic nitrogens is 4. The van der Waals surface area contributed by atoms with Crippen molar-refractivity contribution in [2.75, 3.05) is 0 Å². The molecule has 1 amide bonds. The molecule has 4 aromatic rings. The third-order valence-electron chi connectivity index (χ3n) is 6.86. The lowest BCUT2D eigenvalue weighted by atomic mass is 10.0. The van der Waals surface area contributed by atoms with Gasteiger partial charge in [-0.15, -0.1) is 0 Å². The van der Waals surface area contributed by atoms with Crippen LogP contribution in [0.25, 0.3) is 16.9 Å². The van der Waals surface area contributed by atoms with Crippen molar-refractivity contribution in [2.45, 2.75) is 51.5 Å². The first-order valence-corrected chi connectivity index (χ1v) is 12.7. The number of hydrogen-bond acceptors (Lipinski definition) is 6. The van der Waals surface area contributed by atoms with Gasteiger partial charge in [0.15, 0.2) is 0 Å². The first-order chi connectivity index (χ1) is 18.5. The summed E-state index contributed by atoms with van der Waals surface area (Å²) in [5.74, 6) is -0.201. The van der Waals surface area contributed by atoms with Crippen molar-refractivity contribution in [3.05, 3.63) is 94.3 Å². The lowest BCUT2D eigenvalue weighted by Gasteiger charge is -2.22. The smallest absolute Gasteiger partial charge is 0.333 e. The highest BCUT2D eigenvalue weighted by atomic mass is 19.1. The molecule has 0 spiro atoms. The second-order valence-electron chi connectivity index (χ2n) is 9.66. The molecule has 2 aliphatic rings. The van der Waals surface area contributed by atoms with E-state index in [-0.39, 0.29) is 30.1 Å². The van der Waals surface area contributed by atoms with Crippen LogP contribution in [0.15, 0.2) is 65.8 Å². The van der Waals surface area contributed by atoms with Gasteiger partial charge in [-0.3, -0.25) is 13.9 Å². The van der Waals surface area contributed by atoms with Crippen LogP contribution in [0.3, 0.4) is 0 Å². The zero-order valence-electron chi connectivity index (χ0n) is 20.9. The van der Waals surface area contributed by atoms with Gasteiger partial charge in [0.25, 0.3) is 5.91 Å². The van der Waals surface area contributed by atoms with Gasteiger partial charge in [0, 0.05) is 43.0 Å². The van der Waals surface area contributed by atoms with E-state index in [1.54, 1.807) is 41.1 Å². The van der Waals surface area contributed by atoms with Crippen molar-refractivity contribution in [3.8, 4) is 22.7 Å². The van der Waals surface area contributed by atoms with Crippen LogP contribution in [0.2, 0.25) is 0 Å². The Morgan fingerprint density at radius 1 is 1.18 bits per heavy atom. The third kappa shape index (κ3) is 4.58. The SMILES string of the molecule is C[C@@H]1Cn2c(c(C(=O)NCc3c(F)cccc3-c3ccncn3)n(-c3ccc(OC4CC4)cc3)c2=O)CN1. The summed E-state index contributed by atoms with van der Waals surface area (Å²) in [5.41, 5.74) is 2.50. The van der Waals surface area contributed by atoms with E-state index in [4.69, 9.17) is 4.74 Å². The predicted octanol–water partition coefficient (Wildman–Crippen LogP) is 3.20. The minimum absolute atomic E-state index is 0.0788. The van der Waals surface area contributed by atoms with Crippen LogP contribution in [0, 0.1) is 5.82 Å². The summed E-state index contributed by atoms with van der Waals surface area (Å²) in [7, 11) is 0. The van der Waals surface area contributed by atoms with Crippen LogP contribution in [0.4, 0.5) is 4.39 Å². The monoisotopic (exact) mass is 514 g/mol. The molecule has 6 rings (SSSR count). The van der Waals surface area contributed by atoms with Gasteiger partial charge in [-0.2, -0.15) is 0 Å². The molecule has 1 saturated carbocycles. The maximum absolute atomic E-state index is 14.9. The lowest BCUT2D eigenvalue weighted by Crippen LogP contribution is -2.40. The van der Waals surface area contributed by atoms with E-state index in [1.165, 1.54) is 17.0 Å². The third-order valence-corrected chi connectivity index (χ3v) is 6.86. The van der Waals surface area contributed by atoms with E-state index in [0.717, 1.165) is 18.6 Å². The minimum Gasteiger partial charge on any atom is -0.490 e. The molecule has 9 nitrogen and oxygen atoms in total. The highest BCUT2D eigenvalue weighted by Crippen LogP contribution is 2.28. The van der Waals surface area contributed by atoms with E-state index >= 15 is 0 Å². The fourth-order valence-electron chi connectivity index (χ4n) is 4.77. The molecule has 2 aromatic heterocycles. The second-order valence-corrected chi connectivity index (χ2v) is 9.66. The van der Waals surface area contributed by atoms with Crippen molar-refractivity contribution in [3.63, 3.8) is 0 Å². The van der Waals surface area contributed by atoms with Gasteiger partial charge >= 0.3 is 5.69 Å². The van der Waals surface area contributed by atoms with Gasteiger partial charge in [0.05, 0.1) is 23.2 Å². The van der Waals surface area contributed by atoms with E-state index in [0.29, 0.717) is 41.3 Å². The molecule has 194 valence electrons. The quantitative estimate of drug-likeness (QED) is 0.393. The fourth-order valence-corrected chi connectivity index (χ4v) is 4.77. The summed E-state index contributed by atoms with van der Waals surface area (Å²) >= 11 is 0. The average molecular weight is 515 g/mol. The van der Waals surface area contributed by atoms with E-state index in [9.17, 15) is 14.0 Å². The standard InChI is InChI=1S/C28H27FN6O3/c1-17-15-34-25(14-31-17)26(35(28(34)37)18-5-7-19(8-6-18)38-20-9-10-20)27(36)32-13-22-21(3-2-4-23(22)29)24-11-12-30-16-33-24/h2-8,11-12,16-17,20,31H,9-10,13-15H2,1H3,(H,32,36)/t17-/m1/s1. The number of ether oxygens (including phenoxy) is 1. The second kappa shape index (κ2) is 9.86. The molecular formula is C28H27FN6O3. The maximum Gasteiger partial charge on any atom is 0.333 e. The molecule has 1 atom stereocenters. The summed E-state index contributed by atoms with van der Waals surface area (Å²) in [5, 5.41) is 6.18. The van der Waals surface area contributed by atoms with Crippen molar-refractivity contribution in [1.29, 1.82) is 0 Å². The van der Waals surface area contributed by atoms with Crippen LogP contribution in [-0.2, 0) is 19.6 Å². The van der Waals surface area contributed by atoms with E-state index in [1.807, 2.05) is 19.1 Å². The Morgan fingerprint density at radius 2 is 2.00 bits per heavy atom. The van der Waals surface area contributed by atoms with Gasteiger partial charge in [-0.1, -0.05) is 12.1 Å². The van der Waals surface area contributed by atoms with Crippen LogP contribution in [0.1, 0.15) is 41.5 Å². The molecule has 2 aromatic carbocycles. The van der Waals surface area contributed by atoms with Crippen LogP contribution in [-0.4, -0.2) is 37.2 Å². The van der Waals surface area contributed by atoms with Crippen molar-refractivity contribution < 1.29 is 13.9 Å². The number of hydrogen-bond donors (Lipinski definition) is 2. The van der Waals surface area contributed by atoms with Crippen LogP contribution in [0.5, 0.6) is 5.75 Å². The van der Waals surface area contributed by atoms with Crippen molar-refractivity contribution in [2.24, 2.45) is 0 Å². The molecule has 0 unspecified atom stereocenters. The largest absolute Gasteiger partial charge is 0.490 e. The Hall–Kier alpha value is -4.31. The molecular weight excluding hydrogens is 487 g/mol. The summed E-state index contributed by atoms with van der Waals surface area (Å²) < 4.78 is 23.8. The zero-order chi connectivity index (χ0) is 26.2. The zero-order valence-corrected chi connectivity index (χ0v) is 20.9. The van der Waals surface area contributed by atoms with E-state index < -0.39 is 11.7 Å². The Balaban J connectivity index is 1.35. The number of nitrogens with zero attached hydrogens (tertiary/aromatic N) is 4. The number of benzene rings is 2. The normalized spacial score (nSPS) is 16.6. The summed E-state index contributed by atoms with van der Waals surface area (Å²) in [6, 6.07) is 13.6. The number of halogens is 1. The van der Waals surface area contributed by atoms with Crippen molar-refractivity contribution >= 4 is 5.91 Å². The summed E-state index contributed by atoms with van der Waals surface area (Å²) in [4.78, 5) is 35.4. The molecule has 1 aliphatic carbocycles. The van der Waals surface area contributed by atoms with Gasteiger partial charge in [0.2, 0.25) is 0 Å². The summed E-state index contributed by atoms with van der Waals surface area (Å²) in [6.07, 6.45) is 5.32. The maximum atomic E-state index is 14.9. The van der Waals surface area contributed by atoms with Gasteiger partial charge < -0.3 is 15.4 Å². The van der Waals surface area contributed by atoms with Crippen molar-refractivity contribution in [1.82, 2.24) is 29.7 Å². The van der Waals surface area contributed by atoms with Gasteiger partial charge in [-0.05, 0) is 56.2 Å². The summed E-state index contributed by atoms with van der Waals surface area (Å²) in [6.45, 7) is 2.71. The predicted molar refractivity (Wildman–Crippen MR) is 139 cm³/mol. The molecule has 2 N–H and O–H groups in total. The molecule has 38 heavy (non-hydrogen) atoms. The number of carbonyl (C=O) groups excluding carboxylic acids is 1. The highest BCUT2D eigenvalue weighted by molar-refractivity contribution is 5.94. The molecule has 10 heteroatoms. The Morgan fingerprint density at radius 3 is 2.74 bits per heavy atom. The molecule has 0 radical (unpaired) electrons. The van der Waals surface area contributed by atoms with Gasteiger partial charge in [0.1, 0.15) is 23.6 Å². The first kappa shape index (κ1) is 24.1. The lowest BCUT2D eigenvalue weighted by molar-refractivity contribution is 0.0942. The molecule has 1 aliphatic heterocycles. The van der Waals surface area contributed by atoms with E-state index in [2.05, 4.69) is 20.6 Å². The molecule has 0 bridgehead atoms. The number of amides is 1. The Labute approximate surface area is 218 Å². The number of nitrogens with one attached hydrogen (secondary N) is 2. The molecule has 3 heterocycles. The number of rotatable bonds is 7. The minimum atomic E-state index is -0.470. The van der Waals surface area contributed by atoms with Crippen LogP contribution >= 0.6 is 0 Å². The Kier molecular flexibility index (Phi) is 6.24. The number of imidazole rings is 1. The first-order valence-electron chi connectivity index (χ1n) is 12.7. The van der Waals surface area contributed by atoms with Gasteiger partial charge in [-0.25, -0.2) is 19.2 Å². The van der Waals surface area contributed by atoms with Crippen LogP contribution < -0.4 is 21.1 Å². The fraction of sp³-hybridized carbons (Fsp3) is 0.286. The number of carbonyl (C=O) groups is 1.